The Kier molecular flexibility index (Phi) is 9.78. The lowest BCUT2D eigenvalue weighted by atomic mass is 10.1. The molecule has 0 saturated carbocycles. The van der Waals surface area contributed by atoms with Crippen LogP contribution in [-0.2, 0) is 10.0 Å². The van der Waals surface area contributed by atoms with Crippen molar-refractivity contribution >= 4 is 10.0 Å². The first-order valence-corrected chi connectivity index (χ1v) is 8.25. The van der Waals surface area contributed by atoms with Gasteiger partial charge in [-0.1, -0.05) is 26.7 Å². The van der Waals surface area contributed by atoms with Crippen LogP contribution in [0.3, 0.4) is 0 Å². The highest BCUT2D eigenvalue weighted by Gasteiger charge is 2.08. The van der Waals surface area contributed by atoms with E-state index in [2.05, 4.69) is 23.9 Å². The largest absolute Gasteiger partial charge is 0.320 e. The van der Waals surface area contributed by atoms with E-state index in [0.29, 0.717) is 12.5 Å². The summed E-state index contributed by atoms with van der Waals surface area (Å²) in [6.45, 7) is 5.84. The van der Waals surface area contributed by atoms with Crippen LogP contribution in [0, 0.1) is 5.92 Å². The van der Waals surface area contributed by atoms with Crippen LogP contribution < -0.4 is 10.0 Å². The number of hydrogen-bond donors (Lipinski definition) is 2. The van der Waals surface area contributed by atoms with E-state index >= 15 is 0 Å². The number of sulfonamides is 1. The number of nitrogens with one attached hydrogen (secondary N) is 2. The Bertz CT molecular complexity index is 264. The molecular weight excluding hydrogens is 236 g/mol. The van der Waals surface area contributed by atoms with Crippen molar-refractivity contribution in [3.63, 3.8) is 0 Å². The van der Waals surface area contributed by atoms with Gasteiger partial charge < -0.3 is 5.32 Å². The third kappa shape index (κ3) is 12.1. The second kappa shape index (κ2) is 9.85. The Balaban J connectivity index is 3.51. The van der Waals surface area contributed by atoms with E-state index in [4.69, 9.17) is 0 Å². The number of unbranched alkanes of at least 4 members (excludes halogenated alkanes) is 2. The average Bonchev–Trinajstić information content (AvgIpc) is 2.23. The topological polar surface area (TPSA) is 58.2 Å². The number of hydrogen-bond acceptors (Lipinski definition) is 3. The second-order valence-corrected chi connectivity index (χ2v) is 6.84. The summed E-state index contributed by atoms with van der Waals surface area (Å²) in [7, 11) is -1.16. The van der Waals surface area contributed by atoms with Crippen molar-refractivity contribution < 1.29 is 8.42 Å². The summed E-state index contributed by atoms with van der Waals surface area (Å²) < 4.78 is 25.8. The van der Waals surface area contributed by atoms with Gasteiger partial charge in [0.2, 0.25) is 10.0 Å². The first-order chi connectivity index (χ1) is 7.98. The predicted molar refractivity (Wildman–Crippen MR) is 73.6 cm³/mol. The van der Waals surface area contributed by atoms with E-state index in [-0.39, 0.29) is 5.75 Å². The van der Waals surface area contributed by atoms with Crippen molar-refractivity contribution in [1.82, 2.24) is 10.0 Å². The van der Waals surface area contributed by atoms with Crippen LogP contribution in [0.5, 0.6) is 0 Å². The minimum absolute atomic E-state index is 0.249. The maximum atomic E-state index is 11.6. The molecule has 0 atom stereocenters. The van der Waals surface area contributed by atoms with Gasteiger partial charge in [0.05, 0.1) is 5.75 Å². The molecule has 0 aliphatic carbocycles. The Morgan fingerprint density at radius 3 is 2.24 bits per heavy atom. The molecule has 0 saturated heterocycles. The molecule has 0 amide bonds. The monoisotopic (exact) mass is 264 g/mol. The standard InChI is InChI=1S/C12H28N2O2S/c1-12(2)8-4-5-10-14-17(15,16)11-7-6-9-13-3/h12-14H,4-11H2,1-3H3. The molecule has 104 valence electrons. The van der Waals surface area contributed by atoms with Crippen molar-refractivity contribution in [2.45, 2.75) is 46.0 Å². The van der Waals surface area contributed by atoms with Gasteiger partial charge in [-0.2, -0.15) is 0 Å². The molecule has 0 fully saturated rings. The molecule has 0 spiro atoms. The van der Waals surface area contributed by atoms with Gasteiger partial charge in [0.15, 0.2) is 0 Å². The molecule has 5 heteroatoms. The predicted octanol–water partition coefficient (Wildman–Crippen LogP) is 1.73. The van der Waals surface area contributed by atoms with Gasteiger partial charge in [0.1, 0.15) is 0 Å². The third-order valence-electron chi connectivity index (χ3n) is 2.62. The second-order valence-electron chi connectivity index (χ2n) is 4.91. The Labute approximate surface area is 107 Å². The van der Waals surface area contributed by atoms with E-state index in [9.17, 15) is 8.42 Å². The molecule has 17 heavy (non-hydrogen) atoms. The van der Waals surface area contributed by atoms with Gasteiger partial charge in [-0.05, 0) is 38.8 Å². The minimum atomic E-state index is -3.04. The first-order valence-electron chi connectivity index (χ1n) is 6.60. The lowest BCUT2D eigenvalue weighted by Gasteiger charge is -2.07. The lowest BCUT2D eigenvalue weighted by molar-refractivity contribution is 0.530. The van der Waals surface area contributed by atoms with Gasteiger partial charge >= 0.3 is 0 Å². The molecule has 0 aromatic heterocycles. The van der Waals surface area contributed by atoms with Crippen molar-refractivity contribution in [3.05, 3.63) is 0 Å². The smallest absolute Gasteiger partial charge is 0.211 e. The molecule has 0 aromatic carbocycles. The molecular formula is C12H28N2O2S. The van der Waals surface area contributed by atoms with Crippen molar-refractivity contribution in [1.29, 1.82) is 0 Å². The summed E-state index contributed by atoms with van der Waals surface area (Å²) in [6, 6.07) is 0. The summed E-state index contributed by atoms with van der Waals surface area (Å²) in [6.07, 6.45) is 4.84. The highest BCUT2D eigenvalue weighted by molar-refractivity contribution is 7.89. The SMILES string of the molecule is CNCCCCS(=O)(=O)NCCCCC(C)C. The molecule has 0 rings (SSSR count). The Morgan fingerprint density at radius 1 is 1.00 bits per heavy atom. The molecule has 0 aliphatic rings. The van der Waals surface area contributed by atoms with Gasteiger partial charge in [0, 0.05) is 6.54 Å². The fraction of sp³-hybridized carbons (Fsp3) is 1.00. The maximum absolute atomic E-state index is 11.6. The van der Waals surface area contributed by atoms with E-state index in [0.717, 1.165) is 32.2 Å². The summed E-state index contributed by atoms with van der Waals surface area (Å²) in [5.41, 5.74) is 0. The zero-order chi connectivity index (χ0) is 13.1. The van der Waals surface area contributed by atoms with E-state index in [1.807, 2.05) is 7.05 Å². The van der Waals surface area contributed by atoms with Crippen LogP contribution >= 0.6 is 0 Å². The Morgan fingerprint density at radius 2 is 1.65 bits per heavy atom. The molecule has 0 aromatic rings. The van der Waals surface area contributed by atoms with Crippen LogP contribution in [0.2, 0.25) is 0 Å². The highest BCUT2D eigenvalue weighted by Crippen LogP contribution is 2.05. The molecule has 0 radical (unpaired) electrons. The van der Waals surface area contributed by atoms with E-state index in [1.54, 1.807) is 0 Å². The van der Waals surface area contributed by atoms with Gasteiger partial charge in [-0.15, -0.1) is 0 Å². The first kappa shape index (κ1) is 16.9. The van der Waals surface area contributed by atoms with Crippen LogP contribution in [-0.4, -0.2) is 34.3 Å². The quantitative estimate of drug-likeness (QED) is 0.559. The van der Waals surface area contributed by atoms with Gasteiger partial charge in [0.25, 0.3) is 0 Å². The zero-order valence-corrected chi connectivity index (χ0v) is 12.3. The summed E-state index contributed by atoms with van der Waals surface area (Å²) >= 11 is 0. The summed E-state index contributed by atoms with van der Waals surface area (Å²) in [4.78, 5) is 0. The van der Waals surface area contributed by atoms with E-state index in [1.165, 1.54) is 6.42 Å². The third-order valence-corrected chi connectivity index (χ3v) is 4.09. The van der Waals surface area contributed by atoms with Crippen LogP contribution in [0.25, 0.3) is 0 Å². The molecule has 0 heterocycles. The van der Waals surface area contributed by atoms with Gasteiger partial charge in [-0.3, -0.25) is 0 Å². The van der Waals surface area contributed by atoms with Crippen molar-refractivity contribution in [3.8, 4) is 0 Å². The normalized spacial score (nSPS) is 12.2. The molecule has 4 nitrogen and oxygen atoms in total. The van der Waals surface area contributed by atoms with Gasteiger partial charge in [-0.25, -0.2) is 13.1 Å². The van der Waals surface area contributed by atoms with Crippen molar-refractivity contribution in [2.75, 3.05) is 25.9 Å². The van der Waals surface area contributed by atoms with Crippen LogP contribution in [0.4, 0.5) is 0 Å². The minimum Gasteiger partial charge on any atom is -0.320 e. The number of rotatable bonds is 11. The molecule has 2 N–H and O–H groups in total. The summed E-state index contributed by atoms with van der Waals surface area (Å²) in [5.74, 6) is 0.951. The summed E-state index contributed by atoms with van der Waals surface area (Å²) in [5, 5.41) is 3.01. The molecule has 0 aliphatic heterocycles. The van der Waals surface area contributed by atoms with Crippen LogP contribution in [0.15, 0.2) is 0 Å². The Hall–Kier alpha value is -0.130. The van der Waals surface area contributed by atoms with Crippen LogP contribution in [0.1, 0.15) is 46.0 Å². The van der Waals surface area contributed by atoms with Crippen molar-refractivity contribution in [2.24, 2.45) is 5.92 Å². The fourth-order valence-electron chi connectivity index (χ4n) is 1.57. The lowest BCUT2D eigenvalue weighted by Crippen LogP contribution is -2.27. The van der Waals surface area contributed by atoms with E-state index < -0.39 is 10.0 Å². The maximum Gasteiger partial charge on any atom is 0.211 e. The molecule has 0 bridgehead atoms. The average molecular weight is 264 g/mol. The fourth-order valence-corrected chi connectivity index (χ4v) is 2.76. The zero-order valence-electron chi connectivity index (χ0n) is 11.5. The highest BCUT2D eigenvalue weighted by atomic mass is 32.2. The molecule has 0 unspecified atom stereocenters.